The predicted octanol–water partition coefficient (Wildman–Crippen LogP) is 2.17. The van der Waals surface area contributed by atoms with Crippen molar-refractivity contribution in [3.05, 3.63) is 29.3 Å². The molecule has 1 aromatic carbocycles. The van der Waals surface area contributed by atoms with E-state index in [9.17, 15) is 26.1 Å². The summed E-state index contributed by atoms with van der Waals surface area (Å²) >= 11 is 0. The maximum atomic E-state index is 12.3. The van der Waals surface area contributed by atoms with Crippen molar-refractivity contribution in [2.75, 3.05) is 0 Å². The van der Waals surface area contributed by atoms with Crippen LogP contribution in [-0.4, -0.2) is 13.0 Å². The Morgan fingerprint density at radius 1 is 1.31 bits per heavy atom. The quantitative estimate of drug-likeness (QED) is 0.759. The molecule has 0 aliphatic carbocycles. The molecule has 0 amide bonds. The third-order valence-corrected chi connectivity index (χ3v) is 2.96. The van der Waals surface area contributed by atoms with Crippen LogP contribution in [0.25, 0.3) is 0 Å². The van der Waals surface area contributed by atoms with Gasteiger partial charge >= 0.3 is 6.18 Å². The zero-order valence-corrected chi connectivity index (χ0v) is 9.02. The lowest BCUT2D eigenvalue weighted by molar-refractivity contribution is -0.137. The van der Waals surface area contributed by atoms with E-state index in [-0.39, 0.29) is 12.0 Å². The molecular formula is C9H8F3O3S-. The van der Waals surface area contributed by atoms with Gasteiger partial charge in [0.1, 0.15) is 10.1 Å². The first-order chi connectivity index (χ1) is 7.16. The lowest BCUT2D eigenvalue weighted by Gasteiger charge is -2.14. The normalized spacial score (nSPS) is 12.8. The van der Waals surface area contributed by atoms with Crippen LogP contribution in [-0.2, 0) is 22.7 Å². The van der Waals surface area contributed by atoms with Crippen molar-refractivity contribution in [1.29, 1.82) is 0 Å². The first-order valence-corrected chi connectivity index (χ1v) is 5.73. The number of hydrogen-bond donors (Lipinski definition) is 0. The van der Waals surface area contributed by atoms with Gasteiger partial charge in [0.15, 0.2) is 0 Å². The van der Waals surface area contributed by atoms with Gasteiger partial charge in [0.2, 0.25) is 0 Å². The summed E-state index contributed by atoms with van der Waals surface area (Å²) < 4.78 is 69.2. The molecule has 90 valence electrons. The van der Waals surface area contributed by atoms with Gasteiger partial charge in [-0.05, 0) is 24.1 Å². The van der Waals surface area contributed by atoms with Crippen molar-refractivity contribution < 1.29 is 26.1 Å². The van der Waals surface area contributed by atoms with Gasteiger partial charge in [-0.15, -0.1) is 0 Å². The first-order valence-electron chi connectivity index (χ1n) is 4.32. The predicted molar refractivity (Wildman–Crippen MR) is 48.8 cm³/mol. The molecule has 1 rings (SSSR count). The first kappa shape index (κ1) is 13.0. The average molecular weight is 253 g/mol. The van der Waals surface area contributed by atoms with E-state index in [1.807, 2.05) is 0 Å². The van der Waals surface area contributed by atoms with Crippen LogP contribution >= 0.6 is 0 Å². The number of halogens is 3. The van der Waals surface area contributed by atoms with E-state index < -0.39 is 26.8 Å². The van der Waals surface area contributed by atoms with Crippen molar-refractivity contribution in [3.8, 4) is 0 Å². The van der Waals surface area contributed by atoms with Crippen molar-refractivity contribution in [2.45, 2.75) is 24.4 Å². The minimum atomic E-state index is -4.88. The van der Waals surface area contributed by atoms with Gasteiger partial charge in [0.05, 0.1) is 10.5 Å². The fourth-order valence-corrected chi connectivity index (χ4v) is 2.06. The molecule has 0 unspecified atom stereocenters. The Hall–Kier alpha value is -1.08. The molecule has 0 fully saturated rings. The Kier molecular flexibility index (Phi) is 3.30. The van der Waals surface area contributed by atoms with E-state index in [0.717, 1.165) is 12.1 Å². The summed E-state index contributed by atoms with van der Waals surface area (Å²) in [6.45, 7) is 1.55. The highest BCUT2D eigenvalue weighted by atomic mass is 32.2. The van der Waals surface area contributed by atoms with Crippen LogP contribution in [0.5, 0.6) is 0 Å². The molecule has 0 atom stereocenters. The maximum absolute atomic E-state index is 12.3. The highest BCUT2D eigenvalue weighted by Crippen LogP contribution is 2.31. The molecular weight excluding hydrogens is 245 g/mol. The lowest BCUT2D eigenvalue weighted by Crippen LogP contribution is -2.09. The summed E-state index contributed by atoms with van der Waals surface area (Å²) in [6, 6.07) is 2.14. The van der Waals surface area contributed by atoms with E-state index in [1.165, 1.54) is 0 Å². The molecule has 0 N–H and O–H groups in total. The number of aryl methyl sites for hydroxylation is 1. The van der Waals surface area contributed by atoms with E-state index in [4.69, 9.17) is 0 Å². The number of alkyl halides is 3. The summed E-state index contributed by atoms with van der Waals surface area (Å²) in [5.74, 6) is 0. The minimum absolute atomic E-state index is 0.0861. The lowest BCUT2D eigenvalue weighted by atomic mass is 10.1. The minimum Gasteiger partial charge on any atom is -0.744 e. The zero-order valence-electron chi connectivity index (χ0n) is 8.21. The van der Waals surface area contributed by atoms with Gasteiger partial charge in [-0.25, -0.2) is 8.42 Å². The van der Waals surface area contributed by atoms with Gasteiger partial charge in [0, 0.05) is 0 Å². The number of rotatable bonds is 2. The molecule has 0 aromatic heterocycles. The third-order valence-electron chi connectivity index (χ3n) is 2.04. The summed E-state index contributed by atoms with van der Waals surface area (Å²) in [4.78, 5) is -0.801. The van der Waals surface area contributed by atoms with Crippen LogP contribution in [0.4, 0.5) is 13.2 Å². The van der Waals surface area contributed by atoms with Crippen LogP contribution in [0.3, 0.4) is 0 Å². The summed E-state index contributed by atoms with van der Waals surface area (Å²) in [5.41, 5.74) is -1.05. The van der Waals surface area contributed by atoms with Gasteiger partial charge < -0.3 is 4.55 Å². The smallest absolute Gasteiger partial charge is 0.416 e. The molecule has 0 saturated heterocycles. The monoisotopic (exact) mass is 253 g/mol. The molecule has 0 spiro atoms. The van der Waals surface area contributed by atoms with Crippen LogP contribution in [0.15, 0.2) is 23.1 Å². The largest absolute Gasteiger partial charge is 0.744 e. The SMILES string of the molecule is CCc1ccc(C(F)(F)F)cc1S(=O)(=O)[O-]. The molecule has 3 nitrogen and oxygen atoms in total. The Balaban J connectivity index is 3.46. The Labute approximate surface area is 90.7 Å². The highest BCUT2D eigenvalue weighted by molar-refractivity contribution is 7.85. The summed E-state index contributed by atoms with van der Waals surface area (Å²) in [5, 5.41) is 0. The van der Waals surface area contributed by atoms with Crippen LogP contribution in [0.2, 0.25) is 0 Å². The highest BCUT2D eigenvalue weighted by Gasteiger charge is 2.31. The third kappa shape index (κ3) is 2.73. The van der Waals surface area contributed by atoms with Gasteiger partial charge in [-0.3, -0.25) is 0 Å². The zero-order chi connectivity index (χ0) is 12.6. The molecule has 0 saturated carbocycles. The molecule has 0 bridgehead atoms. The second-order valence-electron chi connectivity index (χ2n) is 3.13. The van der Waals surface area contributed by atoms with E-state index in [2.05, 4.69) is 0 Å². The van der Waals surface area contributed by atoms with E-state index >= 15 is 0 Å². The number of hydrogen-bond acceptors (Lipinski definition) is 3. The van der Waals surface area contributed by atoms with Gasteiger partial charge in [-0.2, -0.15) is 13.2 Å². The Bertz CT molecular complexity index is 491. The maximum Gasteiger partial charge on any atom is 0.416 e. The van der Waals surface area contributed by atoms with Crippen molar-refractivity contribution in [2.24, 2.45) is 0 Å². The van der Waals surface area contributed by atoms with E-state index in [1.54, 1.807) is 6.92 Å². The van der Waals surface area contributed by atoms with Crippen molar-refractivity contribution in [3.63, 3.8) is 0 Å². The van der Waals surface area contributed by atoms with Crippen LogP contribution < -0.4 is 0 Å². The van der Waals surface area contributed by atoms with Gasteiger partial charge in [0.25, 0.3) is 0 Å². The Morgan fingerprint density at radius 3 is 2.25 bits per heavy atom. The fraction of sp³-hybridized carbons (Fsp3) is 0.333. The molecule has 0 aliphatic rings. The van der Waals surface area contributed by atoms with Crippen molar-refractivity contribution >= 4 is 10.1 Å². The summed E-state index contributed by atoms with van der Waals surface area (Å²) in [7, 11) is -4.88. The van der Waals surface area contributed by atoms with Crippen molar-refractivity contribution in [1.82, 2.24) is 0 Å². The number of benzene rings is 1. The molecule has 0 radical (unpaired) electrons. The summed E-state index contributed by atoms with van der Waals surface area (Å²) in [6.07, 6.45) is -4.49. The molecule has 1 aromatic rings. The Morgan fingerprint density at radius 2 is 1.88 bits per heavy atom. The molecule has 7 heteroatoms. The second-order valence-corrected chi connectivity index (χ2v) is 4.48. The van der Waals surface area contributed by atoms with Crippen LogP contribution in [0.1, 0.15) is 18.1 Å². The fourth-order valence-electron chi connectivity index (χ4n) is 1.26. The molecule has 0 heterocycles. The average Bonchev–Trinajstić information content (AvgIpc) is 2.14. The van der Waals surface area contributed by atoms with Crippen LogP contribution in [0, 0.1) is 0 Å². The standard InChI is InChI=1S/C9H9F3O3S/c1-2-6-3-4-7(9(10,11)12)5-8(6)16(13,14)15/h3-5H,2H2,1H3,(H,13,14,15)/p-1. The molecule has 0 aliphatic heterocycles. The topological polar surface area (TPSA) is 57.2 Å². The molecule has 16 heavy (non-hydrogen) atoms. The van der Waals surface area contributed by atoms with E-state index in [0.29, 0.717) is 6.07 Å². The second kappa shape index (κ2) is 4.06. The van der Waals surface area contributed by atoms with Gasteiger partial charge in [-0.1, -0.05) is 13.0 Å².